The van der Waals surface area contributed by atoms with Crippen LogP contribution in [0.2, 0.25) is 0 Å². The van der Waals surface area contributed by atoms with Gasteiger partial charge in [0, 0.05) is 24.3 Å². The van der Waals surface area contributed by atoms with Crippen LogP contribution in [-0.4, -0.2) is 44.2 Å². The second kappa shape index (κ2) is 6.43. The van der Waals surface area contributed by atoms with Crippen molar-refractivity contribution in [2.75, 3.05) is 32.6 Å². The molecule has 1 heterocycles. The van der Waals surface area contributed by atoms with Crippen molar-refractivity contribution in [1.82, 2.24) is 10.2 Å². The number of likely N-dealkylation sites (N-methyl/N-ethyl adjacent to an activating group) is 1. The SMILES string of the molecule is COc1cccc(NC(=O)N[C@@H]2CCCN(C)C2)c1. The fourth-order valence-electron chi connectivity index (χ4n) is 2.34. The Balaban J connectivity index is 1.86. The molecule has 0 bridgehead atoms. The third-order valence-corrected chi connectivity index (χ3v) is 3.29. The topological polar surface area (TPSA) is 53.6 Å². The number of piperidine rings is 1. The Morgan fingerprint density at radius 3 is 3.05 bits per heavy atom. The predicted molar refractivity (Wildman–Crippen MR) is 75.7 cm³/mol. The van der Waals surface area contributed by atoms with Crippen LogP contribution in [0.3, 0.4) is 0 Å². The fraction of sp³-hybridized carbons (Fsp3) is 0.500. The third kappa shape index (κ3) is 4.13. The number of urea groups is 1. The number of rotatable bonds is 3. The van der Waals surface area contributed by atoms with Gasteiger partial charge in [0.1, 0.15) is 5.75 Å². The van der Waals surface area contributed by atoms with Crippen LogP contribution >= 0.6 is 0 Å². The number of carbonyl (C=O) groups is 1. The quantitative estimate of drug-likeness (QED) is 0.876. The number of hydrogen-bond donors (Lipinski definition) is 2. The molecule has 0 unspecified atom stereocenters. The van der Waals surface area contributed by atoms with Gasteiger partial charge in [-0.05, 0) is 38.6 Å². The number of nitrogens with one attached hydrogen (secondary N) is 2. The van der Waals surface area contributed by atoms with Crippen molar-refractivity contribution < 1.29 is 9.53 Å². The second-order valence-electron chi connectivity index (χ2n) is 4.93. The van der Waals surface area contributed by atoms with E-state index in [1.54, 1.807) is 13.2 Å². The van der Waals surface area contributed by atoms with Gasteiger partial charge in [0.05, 0.1) is 7.11 Å². The second-order valence-corrected chi connectivity index (χ2v) is 4.93. The summed E-state index contributed by atoms with van der Waals surface area (Å²) >= 11 is 0. The number of methoxy groups -OCH3 is 1. The maximum Gasteiger partial charge on any atom is 0.319 e. The molecule has 1 aromatic rings. The first-order chi connectivity index (χ1) is 9.17. The highest BCUT2D eigenvalue weighted by Crippen LogP contribution is 2.16. The number of nitrogens with zero attached hydrogens (tertiary/aromatic N) is 1. The van der Waals surface area contributed by atoms with Crippen molar-refractivity contribution in [2.24, 2.45) is 0 Å². The van der Waals surface area contributed by atoms with Crippen molar-refractivity contribution in [3.8, 4) is 5.75 Å². The van der Waals surface area contributed by atoms with E-state index in [-0.39, 0.29) is 12.1 Å². The molecule has 2 N–H and O–H groups in total. The molecule has 5 heteroatoms. The summed E-state index contributed by atoms with van der Waals surface area (Å²) in [5, 5.41) is 5.83. The highest BCUT2D eigenvalue weighted by molar-refractivity contribution is 5.89. The van der Waals surface area contributed by atoms with Crippen LogP contribution in [0.25, 0.3) is 0 Å². The van der Waals surface area contributed by atoms with E-state index in [9.17, 15) is 4.79 Å². The minimum atomic E-state index is -0.159. The maximum absolute atomic E-state index is 11.9. The van der Waals surface area contributed by atoms with E-state index in [1.807, 2.05) is 18.2 Å². The summed E-state index contributed by atoms with van der Waals surface area (Å²) in [4.78, 5) is 14.1. The normalized spacial score (nSPS) is 19.8. The van der Waals surface area contributed by atoms with E-state index >= 15 is 0 Å². The standard InChI is InChI=1S/C14H21N3O2/c1-17-8-4-6-12(10-17)16-14(18)15-11-5-3-7-13(9-11)19-2/h3,5,7,9,12H,4,6,8,10H2,1-2H3,(H2,15,16,18)/t12-/m1/s1. The van der Waals surface area contributed by atoms with E-state index in [0.29, 0.717) is 0 Å². The molecule has 1 fully saturated rings. The van der Waals surface area contributed by atoms with E-state index < -0.39 is 0 Å². The molecule has 19 heavy (non-hydrogen) atoms. The maximum atomic E-state index is 11.9. The van der Waals surface area contributed by atoms with Crippen LogP contribution in [0.1, 0.15) is 12.8 Å². The van der Waals surface area contributed by atoms with Crippen molar-refractivity contribution in [2.45, 2.75) is 18.9 Å². The number of ether oxygens (including phenoxy) is 1. The lowest BCUT2D eigenvalue weighted by Gasteiger charge is -2.30. The van der Waals surface area contributed by atoms with Crippen molar-refractivity contribution >= 4 is 11.7 Å². The smallest absolute Gasteiger partial charge is 0.319 e. The van der Waals surface area contributed by atoms with E-state index in [0.717, 1.165) is 37.4 Å². The lowest BCUT2D eigenvalue weighted by atomic mass is 10.1. The Morgan fingerprint density at radius 2 is 2.32 bits per heavy atom. The van der Waals surface area contributed by atoms with Gasteiger partial charge in [0.2, 0.25) is 0 Å². The lowest BCUT2D eigenvalue weighted by Crippen LogP contribution is -2.47. The number of anilines is 1. The molecule has 1 saturated heterocycles. The zero-order chi connectivity index (χ0) is 13.7. The van der Waals surface area contributed by atoms with Gasteiger partial charge in [0.15, 0.2) is 0 Å². The van der Waals surface area contributed by atoms with Crippen LogP contribution in [0.15, 0.2) is 24.3 Å². The fourth-order valence-corrected chi connectivity index (χ4v) is 2.34. The molecule has 2 amide bonds. The highest BCUT2D eigenvalue weighted by Gasteiger charge is 2.18. The summed E-state index contributed by atoms with van der Waals surface area (Å²) < 4.78 is 5.12. The van der Waals surface area contributed by atoms with E-state index in [4.69, 9.17) is 4.74 Å². The zero-order valence-corrected chi connectivity index (χ0v) is 11.5. The number of amides is 2. The lowest BCUT2D eigenvalue weighted by molar-refractivity contribution is 0.216. The summed E-state index contributed by atoms with van der Waals surface area (Å²) in [6, 6.07) is 7.40. The first kappa shape index (κ1) is 13.7. The van der Waals surface area contributed by atoms with Crippen LogP contribution in [0.4, 0.5) is 10.5 Å². The summed E-state index contributed by atoms with van der Waals surface area (Å²) in [5.41, 5.74) is 0.737. The average molecular weight is 263 g/mol. The highest BCUT2D eigenvalue weighted by atomic mass is 16.5. The van der Waals surface area contributed by atoms with Gasteiger partial charge in [0.25, 0.3) is 0 Å². The van der Waals surface area contributed by atoms with Crippen LogP contribution in [0, 0.1) is 0 Å². The Bertz CT molecular complexity index is 436. The molecule has 0 saturated carbocycles. The third-order valence-electron chi connectivity index (χ3n) is 3.29. The van der Waals surface area contributed by atoms with E-state index in [2.05, 4.69) is 22.6 Å². The van der Waals surface area contributed by atoms with Gasteiger partial charge in [-0.1, -0.05) is 6.07 Å². The van der Waals surface area contributed by atoms with Crippen molar-refractivity contribution in [3.63, 3.8) is 0 Å². The molecule has 1 aliphatic heterocycles. The number of benzene rings is 1. The summed E-state index contributed by atoms with van der Waals surface area (Å²) in [5.74, 6) is 0.732. The van der Waals surface area contributed by atoms with Crippen LogP contribution < -0.4 is 15.4 Å². The van der Waals surface area contributed by atoms with Crippen LogP contribution in [0.5, 0.6) is 5.75 Å². The molecule has 1 atom stereocenters. The minimum absolute atomic E-state index is 0.159. The Kier molecular flexibility index (Phi) is 4.63. The molecule has 5 nitrogen and oxygen atoms in total. The monoisotopic (exact) mass is 263 g/mol. The molecule has 0 radical (unpaired) electrons. The Hall–Kier alpha value is -1.75. The Morgan fingerprint density at radius 1 is 1.47 bits per heavy atom. The summed E-state index contributed by atoms with van der Waals surface area (Å²) in [7, 11) is 3.69. The predicted octanol–water partition coefficient (Wildman–Crippen LogP) is 1.91. The molecule has 0 aliphatic carbocycles. The molecular weight excluding hydrogens is 242 g/mol. The molecule has 1 aromatic carbocycles. The molecule has 0 spiro atoms. The Labute approximate surface area is 113 Å². The number of likely N-dealkylation sites (tertiary alicyclic amines) is 1. The summed E-state index contributed by atoms with van der Waals surface area (Å²) in [6.07, 6.45) is 2.16. The van der Waals surface area contributed by atoms with Gasteiger partial charge in [-0.15, -0.1) is 0 Å². The molecular formula is C14H21N3O2. The van der Waals surface area contributed by atoms with Gasteiger partial charge in [-0.25, -0.2) is 4.79 Å². The van der Waals surface area contributed by atoms with Gasteiger partial charge < -0.3 is 20.3 Å². The molecule has 0 aromatic heterocycles. The largest absolute Gasteiger partial charge is 0.497 e. The van der Waals surface area contributed by atoms with Gasteiger partial charge in [-0.3, -0.25) is 0 Å². The summed E-state index contributed by atoms with van der Waals surface area (Å²) in [6.45, 7) is 2.02. The number of hydrogen-bond acceptors (Lipinski definition) is 3. The average Bonchev–Trinajstić information content (AvgIpc) is 2.38. The van der Waals surface area contributed by atoms with Crippen molar-refractivity contribution in [3.05, 3.63) is 24.3 Å². The minimum Gasteiger partial charge on any atom is -0.497 e. The first-order valence-corrected chi connectivity index (χ1v) is 6.57. The zero-order valence-electron chi connectivity index (χ0n) is 11.5. The molecule has 1 aliphatic rings. The van der Waals surface area contributed by atoms with E-state index in [1.165, 1.54) is 0 Å². The molecule has 2 rings (SSSR count). The number of carbonyl (C=O) groups excluding carboxylic acids is 1. The van der Waals surface area contributed by atoms with Gasteiger partial charge in [-0.2, -0.15) is 0 Å². The van der Waals surface area contributed by atoms with Crippen molar-refractivity contribution in [1.29, 1.82) is 0 Å². The first-order valence-electron chi connectivity index (χ1n) is 6.57. The van der Waals surface area contributed by atoms with Gasteiger partial charge >= 0.3 is 6.03 Å². The van der Waals surface area contributed by atoms with Crippen LogP contribution in [-0.2, 0) is 0 Å². The molecule has 104 valence electrons.